The third-order valence-corrected chi connectivity index (χ3v) is 6.62. The summed E-state index contributed by atoms with van der Waals surface area (Å²) in [4.78, 5) is 31.9. The SMILES string of the molecule is C=Cc1c(/C=C\CF)[nH]c2c1CC(=O)N[C@H](C(=O)N(C)c1ccc(OC)cc1)Cc1cccc(c1)CC=C2. The third-order valence-electron chi connectivity index (χ3n) is 6.62. The first-order valence-electron chi connectivity index (χ1n) is 12.5. The zero-order chi connectivity index (χ0) is 27.1. The number of aromatic nitrogens is 1. The van der Waals surface area contributed by atoms with E-state index in [9.17, 15) is 14.0 Å². The molecule has 1 aliphatic rings. The second-order valence-electron chi connectivity index (χ2n) is 9.13. The van der Waals surface area contributed by atoms with Gasteiger partial charge in [0.1, 0.15) is 18.5 Å². The van der Waals surface area contributed by atoms with Crippen LogP contribution < -0.4 is 15.0 Å². The lowest BCUT2D eigenvalue weighted by atomic mass is 10.0. The van der Waals surface area contributed by atoms with E-state index in [1.54, 1.807) is 55.5 Å². The minimum atomic E-state index is -0.779. The van der Waals surface area contributed by atoms with E-state index in [0.717, 1.165) is 27.9 Å². The molecule has 2 aromatic carbocycles. The van der Waals surface area contributed by atoms with E-state index in [0.29, 0.717) is 30.0 Å². The number of nitrogens with zero attached hydrogens (tertiary/aromatic N) is 1. The normalized spacial score (nSPS) is 15.6. The van der Waals surface area contributed by atoms with Gasteiger partial charge in [-0.25, -0.2) is 4.39 Å². The average Bonchev–Trinajstić information content (AvgIpc) is 3.26. The van der Waals surface area contributed by atoms with Crippen LogP contribution in [0.5, 0.6) is 5.75 Å². The number of aromatic amines is 1. The third kappa shape index (κ3) is 6.11. The highest BCUT2D eigenvalue weighted by atomic mass is 19.1. The smallest absolute Gasteiger partial charge is 0.249 e. The second-order valence-corrected chi connectivity index (χ2v) is 9.13. The van der Waals surface area contributed by atoms with Crippen molar-refractivity contribution in [2.75, 3.05) is 25.7 Å². The Bertz CT molecular complexity index is 1370. The molecule has 196 valence electrons. The summed E-state index contributed by atoms with van der Waals surface area (Å²) in [5.41, 5.74) is 5.65. The minimum Gasteiger partial charge on any atom is -0.497 e. The maximum Gasteiger partial charge on any atom is 0.249 e. The fourth-order valence-corrected chi connectivity index (χ4v) is 4.66. The predicted molar refractivity (Wildman–Crippen MR) is 151 cm³/mol. The number of benzene rings is 2. The quantitative estimate of drug-likeness (QED) is 0.479. The molecule has 2 N–H and O–H groups in total. The molecule has 2 bridgehead atoms. The van der Waals surface area contributed by atoms with Crippen molar-refractivity contribution in [2.24, 2.45) is 0 Å². The summed E-state index contributed by atoms with van der Waals surface area (Å²) < 4.78 is 18.1. The number of amides is 2. The fraction of sp³-hybridized carbons (Fsp3) is 0.226. The van der Waals surface area contributed by atoms with Crippen molar-refractivity contribution in [1.82, 2.24) is 10.3 Å². The van der Waals surface area contributed by atoms with Gasteiger partial charge in [0.05, 0.1) is 13.5 Å². The number of alkyl halides is 1. The first-order chi connectivity index (χ1) is 18.4. The molecular formula is C31H32FN3O3. The Morgan fingerprint density at radius 2 is 1.97 bits per heavy atom. The van der Waals surface area contributed by atoms with Gasteiger partial charge in [-0.15, -0.1) is 0 Å². The van der Waals surface area contributed by atoms with Crippen LogP contribution in [0.25, 0.3) is 18.2 Å². The van der Waals surface area contributed by atoms with Gasteiger partial charge >= 0.3 is 0 Å². The highest BCUT2D eigenvalue weighted by Gasteiger charge is 2.27. The molecule has 38 heavy (non-hydrogen) atoms. The van der Waals surface area contributed by atoms with Crippen LogP contribution in [-0.4, -0.2) is 43.7 Å². The van der Waals surface area contributed by atoms with Crippen LogP contribution in [0.1, 0.15) is 33.6 Å². The number of hydrogen-bond acceptors (Lipinski definition) is 3. The van der Waals surface area contributed by atoms with E-state index in [1.807, 2.05) is 30.4 Å². The van der Waals surface area contributed by atoms with Crippen LogP contribution in [0.3, 0.4) is 0 Å². The molecule has 0 aliphatic carbocycles. The van der Waals surface area contributed by atoms with Crippen LogP contribution >= 0.6 is 0 Å². The molecule has 4 rings (SSSR count). The Balaban J connectivity index is 1.71. The highest BCUT2D eigenvalue weighted by Crippen LogP contribution is 2.25. The van der Waals surface area contributed by atoms with Gasteiger partial charge in [0.2, 0.25) is 11.8 Å². The molecule has 1 atom stereocenters. The molecule has 0 saturated carbocycles. The largest absolute Gasteiger partial charge is 0.497 e. The molecule has 3 aromatic rings. The highest BCUT2D eigenvalue weighted by molar-refractivity contribution is 5.99. The Morgan fingerprint density at radius 3 is 2.68 bits per heavy atom. The molecular weight excluding hydrogens is 481 g/mol. The van der Waals surface area contributed by atoms with Crippen molar-refractivity contribution >= 4 is 35.7 Å². The van der Waals surface area contributed by atoms with E-state index in [-0.39, 0.29) is 18.2 Å². The summed E-state index contributed by atoms with van der Waals surface area (Å²) >= 11 is 0. The van der Waals surface area contributed by atoms with Gasteiger partial charge in [-0.05, 0) is 59.5 Å². The van der Waals surface area contributed by atoms with Crippen LogP contribution in [0.2, 0.25) is 0 Å². The molecule has 1 aromatic heterocycles. The summed E-state index contributed by atoms with van der Waals surface area (Å²) in [6.07, 6.45) is 9.75. The van der Waals surface area contributed by atoms with E-state index < -0.39 is 12.7 Å². The maximum atomic E-state index is 13.7. The molecule has 7 heteroatoms. The number of methoxy groups -OCH3 is 1. The van der Waals surface area contributed by atoms with Crippen LogP contribution in [0.4, 0.5) is 10.1 Å². The van der Waals surface area contributed by atoms with E-state index in [2.05, 4.69) is 22.9 Å². The van der Waals surface area contributed by atoms with Crippen molar-refractivity contribution in [1.29, 1.82) is 0 Å². The predicted octanol–water partition coefficient (Wildman–Crippen LogP) is 5.15. The maximum absolute atomic E-state index is 13.7. The van der Waals surface area contributed by atoms with Gasteiger partial charge in [-0.2, -0.15) is 0 Å². The minimum absolute atomic E-state index is 0.0363. The number of halogens is 1. The number of allylic oxidation sites excluding steroid dienone is 2. The molecule has 0 saturated heterocycles. The number of rotatable bonds is 6. The Kier molecular flexibility index (Phi) is 8.58. The van der Waals surface area contributed by atoms with Crippen molar-refractivity contribution in [3.05, 3.63) is 101 Å². The number of fused-ring (bicyclic) bond motifs is 3. The number of anilines is 1. The zero-order valence-electron chi connectivity index (χ0n) is 21.7. The lowest BCUT2D eigenvalue weighted by molar-refractivity contribution is -0.127. The molecule has 2 heterocycles. The molecule has 0 fully saturated rings. The number of carbonyl (C=O) groups excluding carboxylic acids is 2. The number of nitrogens with one attached hydrogen (secondary N) is 2. The summed E-state index contributed by atoms with van der Waals surface area (Å²) in [5, 5.41) is 2.98. The molecule has 0 radical (unpaired) electrons. The molecule has 0 unspecified atom stereocenters. The number of carbonyl (C=O) groups is 2. The monoisotopic (exact) mass is 513 g/mol. The van der Waals surface area contributed by atoms with Gasteiger partial charge in [0.25, 0.3) is 0 Å². The first kappa shape index (κ1) is 26.7. The van der Waals surface area contributed by atoms with E-state index in [1.165, 1.54) is 6.08 Å². The average molecular weight is 514 g/mol. The van der Waals surface area contributed by atoms with E-state index >= 15 is 0 Å². The van der Waals surface area contributed by atoms with Crippen molar-refractivity contribution in [3.63, 3.8) is 0 Å². The van der Waals surface area contributed by atoms with Crippen LogP contribution in [0, 0.1) is 0 Å². The van der Waals surface area contributed by atoms with Gasteiger partial charge in [0, 0.05) is 36.1 Å². The van der Waals surface area contributed by atoms with E-state index in [4.69, 9.17) is 4.74 Å². The molecule has 1 aliphatic heterocycles. The summed E-state index contributed by atoms with van der Waals surface area (Å²) in [7, 11) is 3.28. The summed E-state index contributed by atoms with van der Waals surface area (Å²) in [5.74, 6) is 0.169. The summed E-state index contributed by atoms with van der Waals surface area (Å²) in [6, 6.07) is 14.4. The second kappa shape index (κ2) is 12.2. The van der Waals surface area contributed by atoms with Crippen LogP contribution in [0.15, 0.2) is 67.3 Å². The number of H-pyrrole nitrogens is 1. The number of likely N-dealkylation sites (N-methyl/N-ethyl adjacent to an activating group) is 1. The number of hydrogen-bond donors (Lipinski definition) is 2. The zero-order valence-corrected chi connectivity index (χ0v) is 21.7. The Labute approximate surface area is 222 Å². The molecule has 0 spiro atoms. The lowest BCUT2D eigenvalue weighted by Crippen LogP contribution is -2.49. The standard InChI is InChI=1S/C31H32FN3O3/c1-4-25-26-20-30(36)34-29(31(37)35(2)23-13-15-24(38-3)16-14-23)19-22-10-5-8-21(18-22)9-6-11-28(26)33-27(25)12-7-17-32/h4-8,10-16,18,29,33H,1,9,17,19-20H2,2-3H3,(H,34,36)/b11-6?,12-7-/t29-/m0/s1. The fourth-order valence-electron chi connectivity index (χ4n) is 4.66. The van der Waals surface area contributed by atoms with Gasteiger partial charge in [-0.1, -0.05) is 49.1 Å². The first-order valence-corrected chi connectivity index (χ1v) is 12.5. The van der Waals surface area contributed by atoms with Crippen molar-refractivity contribution in [3.8, 4) is 5.75 Å². The lowest BCUT2D eigenvalue weighted by Gasteiger charge is -2.25. The van der Waals surface area contributed by atoms with Gasteiger partial charge in [-0.3, -0.25) is 9.59 Å². The van der Waals surface area contributed by atoms with Gasteiger partial charge < -0.3 is 19.9 Å². The Morgan fingerprint density at radius 1 is 1.21 bits per heavy atom. The summed E-state index contributed by atoms with van der Waals surface area (Å²) in [6.45, 7) is 3.31. The Hall–Kier alpha value is -4.39. The van der Waals surface area contributed by atoms with Crippen LogP contribution in [-0.2, 0) is 28.9 Å². The van der Waals surface area contributed by atoms with Crippen molar-refractivity contribution in [2.45, 2.75) is 25.3 Å². The topological polar surface area (TPSA) is 74.4 Å². The molecule has 6 nitrogen and oxygen atoms in total. The number of ether oxygens (including phenoxy) is 1. The van der Waals surface area contributed by atoms with Crippen molar-refractivity contribution < 1.29 is 18.7 Å². The van der Waals surface area contributed by atoms with Gasteiger partial charge in [0.15, 0.2) is 0 Å². The molecule has 2 amide bonds.